The number of rotatable bonds is 6. The third-order valence-electron chi connectivity index (χ3n) is 4.48. The Hall–Kier alpha value is -1.03. The van der Waals surface area contributed by atoms with Crippen LogP contribution in [0.2, 0.25) is 0 Å². The van der Waals surface area contributed by atoms with Crippen LogP contribution in [0.1, 0.15) is 46.0 Å². The van der Waals surface area contributed by atoms with E-state index in [1.54, 1.807) is 0 Å². The maximum atomic E-state index is 4.38. The lowest BCUT2D eigenvalue weighted by molar-refractivity contribution is 0.212. The van der Waals surface area contributed by atoms with Crippen molar-refractivity contribution in [2.24, 2.45) is 10.9 Å². The molecule has 21 heavy (non-hydrogen) atoms. The van der Waals surface area contributed by atoms with Crippen LogP contribution in [-0.4, -0.2) is 49.6 Å². The highest BCUT2D eigenvalue weighted by atomic mass is 15.2. The standard InChI is InChI=1S/C17H32N4/c1-14(2)12-16(21-10-6-7-11-21)13-19-17(18-3)20-15-8-4-5-9-15/h4-5,14-16H,6-13H2,1-3H3,(H2,18,19,20). The molecule has 0 aromatic heterocycles. The molecule has 0 spiro atoms. The number of aliphatic imine (C=N–C) groups is 1. The Bertz CT molecular complexity index is 348. The fraction of sp³-hybridized carbons (Fsp3) is 0.824. The Kier molecular flexibility index (Phi) is 6.55. The van der Waals surface area contributed by atoms with E-state index in [0.717, 1.165) is 31.3 Å². The molecule has 0 saturated carbocycles. The predicted octanol–water partition coefficient (Wildman–Crippen LogP) is 2.38. The van der Waals surface area contributed by atoms with Gasteiger partial charge in [-0.05, 0) is 51.1 Å². The van der Waals surface area contributed by atoms with Crippen molar-refractivity contribution in [1.82, 2.24) is 15.5 Å². The summed E-state index contributed by atoms with van der Waals surface area (Å²) in [5.41, 5.74) is 0. The van der Waals surface area contributed by atoms with Gasteiger partial charge in [0.2, 0.25) is 0 Å². The molecule has 0 aromatic carbocycles. The fourth-order valence-corrected chi connectivity index (χ4v) is 3.35. The smallest absolute Gasteiger partial charge is 0.191 e. The van der Waals surface area contributed by atoms with Gasteiger partial charge in [-0.2, -0.15) is 0 Å². The molecule has 120 valence electrons. The minimum atomic E-state index is 0.520. The number of nitrogens with zero attached hydrogens (tertiary/aromatic N) is 2. The quantitative estimate of drug-likeness (QED) is 0.448. The lowest BCUT2D eigenvalue weighted by Crippen LogP contribution is -2.48. The second kappa shape index (κ2) is 8.42. The minimum Gasteiger partial charge on any atom is -0.355 e. The van der Waals surface area contributed by atoms with Gasteiger partial charge in [0.1, 0.15) is 0 Å². The Morgan fingerprint density at radius 2 is 1.90 bits per heavy atom. The molecule has 0 amide bonds. The van der Waals surface area contributed by atoms with Crippen molar-refractivity contribution in [3.8, 4) is 0 Å². The molecule has 2 N–H and O–H groups in total. The van der Waals surface area contributed by atoms with Crippen LogP contribution in [0.5, 0.6) is 0 Å². The summed E-state index contributed by atoms with van der Waals surface area (Å²) in [4.78, 5) is 7.03. The fourth-order valence-electron chi connectivity index (χ4n) is 3.35. The van der Waals surface area contributed by atoms with E-state index in [2.05, 4.69) is 46.5 Å². The van der Waals surface area contributed by atoms with E-state index in [4.69, 9.17) is 0 Å². The van der Waals surface area contributed by atoms with Crippen molar-refractivity contribution >= 4 is 5.96 Å². The van der Waals surface area contributed by atoms with E-state index >= 15 is 0 Å². The molecule has 4 heteroatoms. The van der Waals surface area contributed by atoms with Gasteiger partial charge < -0.3 is 10.6 Å². The summed E-state index contributed by atoms with van der Waals surface area (Å²) >= 11 is 0. The van der Waals surface area contributed by atoms with Crippen molar-refractivity contribution in [2.75, 3.05) is 26.7 Å². The highest BCUT2D eigenvalue weighted by Crippen LogP contribution is 2.17. The normalized spacial score (nSPS) is 22.2. The summed E-state index contributed by atoms with van der Waals surface area (Å²) < 4.78 is 0. The van der Waals surface area contributed by atoms with Gasteiger partial charge in [0.15, 0.2) is 5.96 Å². The lowest BCUT2D eigenvalue weighted by Gasteiger charge is -2.30. The van der Waals surface area contributed by atoms with E-state index in [1.807, 2.05) is 7.05 Å². The zero-order chi connectivity index (χ0) is 15.1. The molecule has 2 aliphatic rings. The summed E-state index contributed by atoms with van der Waals surface area (Å²) in [5.74, 6) is 1.70. The van der Waals surface area contributed by atoms with Gasteiger partial charge in [-0.15, -0.1) is 0 Å². The van der Waals surface area contributed by atoms with Crippen molar-refractivity contribution < 1.29 is 0 Å². The second-order valence-corrected chi connectivity index (χ2v) is 6.76. The maximum Gasteiger partial charge on any atom is 0.191 e. The average Bonchev–Trinajstić information content (AvgIpc) is 3.14. The minimum absolute atomic E-state index is 0.520. The van der Waals surface area contributed by atoms with Crippen molar-refractivity contribution in [3.63, 3.8) is 0 Å². The van der Waals surface area contributed by atoms with E-state index in [1.165, 1.54) is 32.4 Å². The molecular formula is C17H32N4. The highest BCUT2D eigenvalue weighted by Gasteiger charge is 2.23. The Morgan fingerprint density at radius 3 is 2.48 bits per heavy atom. The van der Waals surface area contributed by atoms with Gasteiger partial charge in [-0.1, -0.05) is 26.0 Å². The van der Waals surface area contributed by atoms with Gasteiger partial charge in [0, 0.05) is 25.7 Å². The Balaban J connectivity index is 1.80. The Labute approximate surface area is 130 Å². The molecule has 0 aromatic rings. The number of hydrogen-bond acceptors (Lipinski definition) is 2. The van der Waals surface area contributed by atoms with Gasteiger partial charge in [0.05, 0.1) is 0 Å². The van der Waals surface area contributed by atoms with E-state index in [0.29, 0.717) is 12.1 Å². The third-order valence-corrected chi connectivity index (χ3v) is 4.48. The van der Waals surface area contributed by atoms with Gasteiger partial charge in [0.25, 0.3) is 0 Å². The monoisotopic (exact) mass is 292 g/mol. The van der Waals surface area contributed by atoms with Crippen LogP contribution in [0.4, 0.5) is 0 Å². The van der Waals surface area contributed by atoms with E-state index in [9.17, 15) is 0 Å². The van der Waals surface area contributed by atoms with Crippen LogP contribution in [0.15, 0.2) is 17.1 Å². The molecule has 0 bridgehead atoms. The highest BCUT2D eigenvalue weighted by molar-refractivity contribution is 5.80. The van der Waals surface area contributed by atoms with Crippen molar-refractivity contribution in [1.29, 1.82) is 0 Å². The summed E-state index contributed by atoms with van der Waals surface area (Å²) in [6.07, 6.45) is 10.7. The zero-order valence-corrected chi connectivity index (χ0v) is 13.9. The molecule has 4 nitrogen and oxygen atoms in total. The molecule has 1 aliphatic carbocycles. The molecular weight excluding hydrogens is 260 g/mol. The third kappa shape index (κ3) is 5.34. The van der Waals surface area contributed by atoms with E-state index in [-0.39, 0.29) is 0 Å². The molecule has 1 saturated heterocycles. The maximum absolute atomic E-state index is 4.38. The number of guanidine groups is 1. The number of nitrogens with one attached hydrogen (secondary N) is 2. The van der Waals surface area contributed by atoms with E-state index < -0.39 is 0 Å². The van der Waals surface area contributed by atoms with Gasteiger partial charge in [-0.3, -0.25) is 9.89 Å². The first kappa shape index (κ1) is 16.3. The average molecular weight is 292 g/mol. The van der Waals surface area contributed by atoms with Crippen LogP contribution < -0.4 is 10.6 Å². The summed E-state index contributed by atoms with van der Waals surface area (Å²) in [5, 5.41) is 7.07. The van der Waals surface area contributed by atoms with Crippen LogP contribution in [0.3, 0.4) is 0 Å². The first-order valence-corrected chi connectivity index (χ1v) is 8.55. The van der Waals surface area contributed by atoms with Crippen LogP contribution >= 0.6 is 0 Å². The first-order chi connectivity index (χ1) is 10.2. The number of likely N-dealkylation sites (tertiary alicyclic amines) is 1. The first-order valence-electron chi connectivity index (χ1n) is 8.55. The topological polar surface area (TPSA) is 39.7 Å². The summed E-state index contributed by atoms with van der Waals surface area (Å²) in [6, 6.07) is 1.15. The van der Waals surface area contributed by atoms with Crippen LogP contribution in [0.25, 0.3) is 0 Å². The lowest BCUT2D eigenvalue weighted by atomic mass is 10.0. The second-order valence-electron chi connectivity index (χ2n) is 6.76. The van der Waals surface area contributed by atoms with Crippen LogP contribution in [-0.2, 0) is 0 Å². The van der Waals surface area contributed by atoms with Crippen molar-refractivity contribution in [3.05, 3.63) is 12.2 Å². The summed E-state index contributed by atoms with van der Waals surface area (Å²) in [7, 11) is 1.87. The predicted molar refractivity (Wildman–Crippen MR) is 90.7 cm³/mol. The Morgan fingerprint density at radius 1 is 1.24 bits per heavy atom. The molecule has 1 heterocycles. The molecule has 1 atom stereocenters. The summed E-state index contributed by atoms with van der Waals surface area (Å²) in [6.45, 7) is 8.16. The molecule has 0 radical (unpaired) electrons. The largest absolute Gasteiger partial charge is 0.355 e. The van der Waals surface area contributed by atoms with Crippen molar-refractivity contribution in [2.45, 2.75) is 58.0 Å². The SMILES string of the molecule is CN=C(NCC(CC(C)C)N1CCCC1)NC1CC=CC1. The molecule has 1 fully saturated rings. The van der Waals surface area contributed by atoms with Gasteiger partial charge >= 0.3 is 0 Å². The van der Waals surface area contributed by atoms with Crippen LogP contribution in [0, 0.1) is 5.92 Å². The molecule has 2 rings (SSSR count). The molecule has 1 unspecified atom stereocenters. The molecule has 1 aliphatic heterocycles. The van der Waals surface area contributed by atoms with Gasteiger partial charge in [-0.25, -0.2) is 0 Å². The number of hydrogen-bond donors (Lipinski definition) is 2. The zero-order valence-electron chi connectivity index (χ0n) is 13.9.